The third-order valence-corrected chi connectivity index (χ3v) is 4.37. The van der Waals surface area contributed by atoms with E-state index in [-0.39, 0.29) is 5.91 Å². The number of hydrogen-bond acceptors (Lipinski definition) is 3. The second-order valence-corrected chi connectivity index (χ2v) is 6.73. The van der Waals surface area contributed by atoms with Crippen LogP contribution in [0.2, 0.25) is 5.15 Å². The summed E-state index contributed by atoms with van der Waals surface area (Å²) in [5.74, 6) is 0.910. The number of carbonyl (C=O) groups excluding carboxylic acids is 1. The van der Waals surface area contributed by atoms with Crippen LogP contribution in [-0.2, 0) is 11.3 Å². The third-order valence-electron chi connectivity index (χ3n) is 3.97. The largest absolute Gasteiger partial charge is 0.339 e. The molecule has 22 heavy (non-hydrogen) atoms. The van der Waals surface area contributed by atoms with Crippen molar-refractivity contribution in [3.8, 4) is 0 Å². The van der Waals surface area contributed by atoms with E-state index >= 15 is 0 Å². The lowest BCUT2D eigenvalue weighted by Crippen LogP contribution is -2.28. The molecule has 0 spiro atoms. The summed E-state index contributed by atoms with van der Waals surface area (Å²) >= 11 is 6.37. The Labute approximate surface area is 137 Å². The molecule has 1 unspecified atom stereocenters. The van der Waals surface area contributed by atoms with Crippen LogP contribution in [0, 0.1) is 18.8 Å². The maximum Gasteiger partial charge on any atom is 0.246 e. The summed E-state index contributed by atoms with van der Waals surface area (Å²) in [5, 5.41) is 5.04. The highest BCUT2D eigenvalue weighted by Crippen LogP contribution is 2.23. The zero-order chi connectivity index (χ0) is 16.3. The van der Waals surface area contributed by atoms with Crippen molar-refractivity contribution in [2.45, 2.75) is 33.7 Å². The minimum absolute atomic E-state index is 0.0167. The average molecular weight is 325 g/mol. The van der Waals surface area contributed by atoms with E-state index in [1.54, 1.807) is 16.8 Å². The zero-order valence-corrected chi connectivity index (χ0v) is 14.3. The van der Waals surface area contributed by atoms with Crippen molar-refractivity contribution in [1.82, 2.24) is 14.7 Å². The minimum atomic E-state index is 0.0167. The van der Waals surface area contributed by atoms with Crippen molar-refractivity contribution >= 4 is 23.6 Å². The summed E-state index contributed by atoms with van der Waals surface area (Å²) in [6.45, 7) is 9.09. The predicted molar refractivity (Wildman–Crippen MR) is 89.6 cm³/mol. The number of carbonyl (C=O) groups is 1. The molecule has 1 fully saturated rings. The van der Waals surface area contributed by atoms with Crippen molar-refractivity contribution in [2.75, 3.05) is 19.6 Å². The van der Waals surface area contributed by atoms with Crippen LogP contribution in [0.4, 0.5) is 0 Å². The van der Waals surface area contributed by atoms with E-state index in [0.29, 0.717) is 23.5 Å². The van der Waals surface area contributed by atoms with E-state index in [4.69, 9.17) is 17.3 Å². The number of hydrogen-bond donors (Lipinski definition) is 1. The Bertz CT molecular complexity index is 565. The molecule has 2 N–H and O–H groups in total. The van der Waals surface area contributed by atoms with Crippen molar-refractivity contribution < 1.29 is 4.79 Å². The summed E-state index contributed by atoms with van der Waals surface area (Å²) in [5.41, 5.74) is 7.33. The number of aromatic nitrogens is 2. The van der Waals surface area contributed by atoms with Gasteiger partial charge in [0.2, 0.25) is 5.91 Å². The van der Waals surface area contributed by atoms with Crippen LogP contribution in [0.15, 0.2) is 6.08 Å². The van der Waals surface area contributed by atoms with Gasteiger partial charge < -0.3 is 10.6 Å². The molecule has 5 nitrogen and oxygen atoms in total. The van der Waals surface area contributed by atoms with Gasteiger partial charge in [-0.3, -0.25) is 9.48 Å². The SMILES string of the molecule is Cc1nn(CC(C)C)c(Cl)c1C=CC(=O)N1CCC(CN)C1. The van der Waals surface area contributed by atoms with Gasteiger partial charge in [-0.1, -0.05) is 25.4 Å². The molecule has 1 aliphatic heterocycles. The Kier molecular flexibility index (Phi) is 5.64. The molecule has 1 aromatic heterocycles. The monoisotopic (exact) mass is 324 g/mol. The molecule has 0 radical (unpaired) electrons. The van der Waals surface area contributed by atoms with E-state index in [1.807, 2.05) is 11.8 Å². The lowest BCUT2D eigenvalue weighted by atomic mass is 10.1. The summed E-state index contributed by atoms with van der Waals surface area (Å²) in [6.07, 6.45) is 4.36. The molecule has 122 valence electrons. The molecule has 1 saturated heterocycles. The predicted octanol–water partition coefficient (Wildman–Crippen LogP) is 2.32. The van der Waals surface area contributed by atoms with Crippen LogP contribution in [0.25, 0.3) is 6.08 Å². The van der Waals surface area contributed by atoms with E-state index in [0.717, 1.165) is 37.3 Å². The fourth-order valence-corrected chi connectivity index (χ4v) is 3.02. The van der Waals surface area contributed by atoms with E-state index < -0.39 is 0 Å². The zero-order valence-electron chi connectivity index (χ0n) is 13.6. The first-order chi connectivity index (χ1) is 10.4. The number of rotatable bonds is 5. The molecule has 6 heteroatoms. The normalized spacial score (nSPS) is 18.8. The van der Waals surface area contributed by atoms with Gasteiger partial charge in [0.15, 0.2) is 0 Å². The number of amides is 1. The van der Waals surface area contributed by atoms with E-state index in [2.05, 4.69) is 18.9 Å². The number of halogens is 1. The molecule has 0 bridgehead atoms. The standard InChI is InChI=1S/C16H25ClN4O/c1-11(2)9-21-16(17)14(12(3)19-21)4-5-15(22)20-7-6-13(8-18)10-20/h4-5,11,13H,6-10,18H2,1-3H3. The van der Waals surface area contributed by atoms with Gasteiger partial charge in [0.05, 0.1) is 5.69 Å². The second-order valence-electron chi connectivity index (χ2n) is 6.37. The number of nitrogens with two attached hydrogens (primary N) is 1. The van der Waals surface area contributed by atoms with Gasteiger partial charge in [0, 0.05) is 31.3 Å². The van der Waals surface area contributed by atoms with Gasteiger partial charge in [-0.25, -0.2) is 0 Å². The highest BCUT2D eigenvalue weighted by molar-refractivity contribution is 6.31. The highest BCUT2D eigenvalue weighted by Gasteiger charge is 2.23. The molecule has 2 heterocycles. The maximum absolute atomic E-state index is 12.2. The Morgan fingerprint density at radius 3 is 2.86 bits per heavy atom. The van der Waals surface area contributed by atoms with Crippen LogP contribution < -0.4 is 5.73 Å². The lowest BCUT2D eigenvalue weighted by Gasteiger charge is -2.13. The van der Waals surface area contributed by atoms with Crippen molar-refractivity contribution in [2.24, 2.45) is 17.6 Å². The smallest absolute Gasteiger partial charge is 0.246 e. The van der Waals surface area contributed by atoms with Crippen LogP contribution in [0.1, 0.15) is 31.5 Å². The number of likely N-dealkylation sites (tertiary alicyclic amines) is 1. The first kappa shape index (κ1) is 17.0. The van der Waals surface area contributed by atoms with Crippen LogP contribution in [0.3, 0.4) is 0 Å². The summed E-state index contributed by atoms with van der Waals surface area (Å²) in [6, 6.07) is 0. The third kappa shape index (κ3) is 3.90. The molecular weight excluding hydrogens is 300 g/mol. The topological polar surface area (TPSA) is 64.2 Å². The van der Waals surface area contributed by atoms with Gasteiger partial charge >= 0.3 is 0 Å². The summed E-state index contributed by atoms with van der Waals surface area (Å²) in [4.78, 5) is 14.1. The van der Waals surface area contributed by atoms with Gasteiger partial charge in [0.1, 0.15) is 5.15 Å². The van der Waals surface area contributed by atoms with Crippen LogP contribution >= 0.6 is 11.6 Å². The van der Waals surface area contributed by atoms with Crippen molar-refractivity contribution in [3.63, 3.8) is 0 Å². The molecule has 1 amide bonds. The number of aryl methyl sites for hydroxylation is 1. The van der Waals surface area contributed by atoms with E-state index in [9.17, 15) is 4.79 Å². The fraction of sp³-hybridized carbons (Fsp3) is 0.625. The Morgan fingerprint density at radius 1 is 1.55 bits per heavy atom. The summed E-state index contributed by atoms with van der Waals surface area (Å²) in [7, 11) is 0. The van der Waals surface area contributed by atoms with Gasteiger partial charge in [-0.2, -0.15) is 5.10 Å². The minimum Gasteiger partial charge on any atom is -0.339 e. The molecule has 0 saturated carbocycles. The van der Waals surface area contributed by atoms with Crippen molar-refractivity contribution in [3.05, 3.63) is 22.5 Å². The Hall–Kier alpha value is -1.33. The second kappa shape index (κ2) is 7.29. The van der Waals surface area contributed by atoms with Gasteiger partial charge in [-0.15, -0.1) is 0 Å². The van der Waals surface area contributed by atoms with Crippen LogP contribution in [-0.4, -0.2) is 40.2 Å². The molecule has 2 rings (SSSR count). The summed E-state index contributed by atoms with van der Waals surface area (Å²) < 4.78 is 1.80. The quantitative estimate of drug-likeness (QED) is 0.845. The Balaban J connectivity index is 2.07. The molecule has 1 aliphatic rings. The molecule has 1 aromatic rings. The number of nitrogens with zero attached hydrogens (tertiary/aromatic N) is 3. The van der Waals surface area contributed by atoms with Gasteiger partial charge in [0.25, 0.3) is 0 Å². The average Bonchev–Trinajstić information content (AvgIpc) is 3.03. The highest BCUT2D eigenvalue weighted by atomic mass is 35.5. The maximum atomic E-state index is 12.2. The van der Waals surface area contributed by atoms with E-state index in [1.165, 1.54) is 0 Å². The molecule has 0 aliphatic carbocycles. The fourth-order valence-electron chi connectivity index (χ4n) is 2.71. The first-order valence-corrected chi connectivity index (χ1v) is 8.20. The molecular formula is C16H25ClN4O. The molecule has 1 atom stereocenters. The molecule has 0 aromatic carbocycles. The first-order valence-electron chi connectivity index (χ1n) is 7.82. The van der Waals surface area contributed by atoms with Gasteiger partial charge in [-0.05, 0) is 37.8 Å². The van der Waals surface area contributed by atoms with Crippen LogP contribution in [0.5, 0.6) is 0 Å². The lowest BCUT2D eigenvalue weighted by molar-refractivity contribution is -0.125. The van der Waals surface area contributed by atoms with Crippen molar-refractivity contribution in [1.29, 1.82) is 0 Å². The Morgan fingerprint density at radius 2 is 2.27 bits per heavy atom.